The summed E-state index contributed by atoms with van der Waals surface area (Å²) in [6, 6.07) is -0.0346. The number of nitrogens with zero attached hydrogens (tertiary/aromatic N) is 3. The number of alkyl halides is 3. The molecular weight excluding hydrogens is 289 g/mol. The van der Waals surface area contributed by atoms with Crippen LogP contribution in [0.3, 0.4) is 0 Å². The molecule has 1 saturated heterocycles. The summed E-state index contributed by atoms with van der Waals surface area (Å²) in [5, 5.41) is 8.03. The highest BCUT2D eigenvalue weighted by Crippen LogP contribution is 2.38. The van der Waals surface area contributed by atoms with Crippen LogP contribution < -0.4 is 5.73 Å². The van der Waals surface area contributed by atoms with Crippen molar-refractivity contribution >= 4 is 0 Å². The fraction of sp³-hybridized carbons (Fsp3) is 0.833. The lowest BCUT2D eigenvalue weighted by Gasteiger charge is -2.34. The SMILES string of the molecule is N[C@@H]1CC[C@@H](c2cn(C3CC(OC(F)(F)F)C3)nn2)OC1. The third kappa shape index (κ3) is 3.53. The van der Waals surface area contributed by atoms with Gasteiger partial charge in [-0.3, -0.25) is 4.74 Å². The normalized spacial score (nSPS) is 33.7. The highest BCUT2D eigenvalue weighted by molar-refractivity contribution is 5.01. The molecule has 0 bridgehead atoms. The lowest BCUT2D eigenvalue weighted by atomic mass is 9.89. The lowest BCUT2D eigenvalue weighted by molar-refractivity contribution is -0.353. The zero-order valence-corrected chi connectivity index (χ0v) is 11.3. The summed E-state index contributed by atoms with van der Waals surface area (Å²) in [5.41, 5.74) is 6.46. The van der Waals surface area contributed by atoms with Gasteiger partial charge in [0.15, 0.2) is 0 Å². The van der Waals surface area contributed by atoms with Crippen molar-refractivity contribution in [3.8, 4) is 0 Å². The second kappa shape index (κ2) is 5.54. The van der Waals surface area contributed by atoms with E-state index in [-0.39, 0.29) is 18.2 Å². The lowest BCUT2D eigenvalue weighted by Crippen LogP contribution is -2.37. The monoisotopic (exact) mass is 306 g/mol. The van der Waals surface area contributed by atoms with Crippen LogP contribution in [0.25, 0.3) is 0 Å². The Bertz CT molecular complexity index is 479. The van der Waals surface area contributed by atoms with Crippen molar-refractivity contribution in [1.29, 1.82) is 0 Å². The highest BCUT2D eigenvalue weighted by atomic mass is 19.4. The molecule has 2 fully saturated rings. The van der Waals surface area contributed by atoms with E-state index in [0.29, 0.717) is 25.1 Å². The number of aromatic nitrogens is 3. The van der Waals surface area contributed by atoms with E-state index < -0.39 is 12.5 Å². The van der Waals surface area contributed by atoms with E-state index in [1.165, 1.54) is 0 Å². The first kappa shape index (κ1) is 14.7. The van der Waals surface area contributed by atoms with Crippen molar-refractivity contribution in [3.05, 3.63) is 11.9 Å². The number of halogens is 3. The van der Waals surface area contributed by atoms with Gasteiger partial charge in [-0.25, -0.2) is 4.68 Å². The Morgan fingerprint density at radius 1 is 1.33 bits per heavy atom. The maximum absolute atomic E-state index is 12.1. The third-order valence-corrected chi connectivity index (χ3v) is 3.91. The molecule has 118 valence electrons. The summed E-state index contributed by atoms with van der Waals surface area (Å²) in [7, 11) is 0. The average molecular weight is 306 g/mol. The number of rotatable bonds is 3. The number of hydrogen-bond acceptors (Lipinski definition) is 5. The molecule has 2 aliphatic rings. The maximum atomic E-state index is 12.1. The first-order valence-corrected chi connectivity index (χ1v) is 6.94. The maximum Gasteiger partial charge on any atom is 0.522 e. The zero-order chi connectivity index (χ0) is 15.0. The molecule has 0 amide bonds. The van der Waals surface area contributed by atoms with E-state index in [2.05, 4.69) is 15.0 Å². The van der Waals surface area contributed by atoms with Crippen LogP contribution in [0, 0.1) is 0 Å². The standard InChI is InChI=1S/C12H17F3N4O2/c13-12(14,15)21-9-3-8(4-9)19-5-10(17-18-19)11-2-1-7(16)6-20-11/h5,7-9,11H,1-4,6,16H2/t7-,8?,9?,11+/m1/s1. The van der Waals surface area contributed by atoms with E-state index in [1.54, 1.807) is 10.9 Å². The van der Waals surface area contributed by atoms with Gasteiger partial charge >= 0.3 is 6.36 Å². The first-order chi connectivity index (χ1) is 9.90. The summed E-state index contributed by atoms with van der Waals surface area (Å²) in [6.07, 6.45) is -1.51. The van der Waals surface area contributed by atoms with Crippen molar-refractivity contribution in [2.45, 2.75) is 56.3 Å². The van der Waals surface area contributed by atoms with E-state index in [9.17, 15) is 13.2 Å². The summed E-state index contributed by atoms with van der Waals surface area (Å²) in [6.45, 7) is 0.489. The van der Waals surface area contributed by atoms with Gasteiger partial charge in [0.05, 0.1) is 24.9 Å². The molecular formula is C12H17F3N4O2. The molecule has 6 nitrogen and oxygen atoms in total. The van der Waals surface area contributed by atoms with E-state index >= 15 is 0 Å². The topological polar surface area (TPSA) is 75.2 Å². The minimum atomic E-state index is -4.57. The van der Waals surface area contributed by atoms with Crippen LogP contribution in [-0.4, -0.2) is 40.1 Å². The number of ether oxygens (including phenoxy) is 2. The molecule has 1 aromatic heterocycles. The quantitative estimate of drug-likeness (QED) is 0.920. The van der Waals surface area contributed by atoms with Gasteiger partial charge in [-0.05, 0) is 25.7 Å². The Labute approximate surface area is 119 Å². The fourth-order valence-electron chi connectivity index (χ4n) is 2.66. The van der Waals surface area contributed by atoms with E-state index in [0.717, 1.165) is 12.8 Å². The fourth-order valence-corrected chi connectivity index (χ4v) is 2.66. The van der Waals surface area contributed by atoms with Crippen molar-refractivity contribution in [2.75, 3.05) is 6.61 Å². The second-order valence-corrected chi connectivity index (χ2v) is 5.59. The molecule has 2 heterocycles. The van der Waals surface area contributed by atoms with Crippen molar-refractivity contribution < 1.29 is 22.6 Å². The average Bonchev–Trinajstić information content (AvgIpc) is 2.82. The van der Waals surface area contributed by atoms with Gasteiger partial charge in [0.25, 0.3) is 0 Å². The highest BCUT2D eigenvalue weighted by Gasteiger charge is 2.41. The van der Waals surface area contributed by atoms with E-state index in [4.69, 9.17) is 10.5 Å². The van der Waals surface area contributed by atoms with Crippen LogP contribution in [0.1, 0.15) is 43.5 Å². The largest absolute Gasteiger partial charge is 0.522 e. The molecule has 2 N–H and O–H groups in total. The van der Waals surface area contributed by atoms with Crippen LogP contribution >= 0.6 is 0 Å². The Morgan fingerprint density at radius 3 is 2.71 bits per heavy atom. The van der Waals surface area contributed by atoms with Gasteiger partial charge in [-0.2, -0.15) is 0 Å². The summed E-state index contributed by atoms with van der Waals surface area (Å²) in [4.78, 5) is 0. The minimum absolute atomic E-state index is 0.0585. The van der Waals surface area contributed by atoms with Gasteiger partial charge in [-0.15, -0.1) is 18.3 Å². The van der Waals surface area contributed by atoms with Crippen molar-refractivity contribution in [2.24, 2.45) is 5.73 Å². The van der Waals surface area contributed by atoms with E-state index in [1.807, 2.05) is 0 Å². The predicted molar refractivity (Wildman–Crippen MR) is 65.1 cm³/mol. The summed E-state index contributed by atoms with van der Waals surface area (Å²) >= 11 is 0. The smallest absolute Gasteiger partial charge is 0.370 e. The third-order valence-electron chi connectivity index (χ3n) is 3.91. The molecule has 1 aliphatic heterocycles. The van der Waals surface area contributed by atoms with Crippen molar-refractivity contribution in [1.82, 2.24) is 15.0 Å². The molecule has 3 rings (SSSR count). The van der Waals surface area contributed by atoms with Crippen LogP contribution in [0.5, 0.6) is 0 Å². The van der Waals surface area contributed by atoms with Crippen LogP contribution in [-0.2, 0) is 9.47 Å². The molecule has 9 heteroatoms. The number of nitrogens with two attached hydrogens (primary N) is 1. The first-order valence-electron chi connectivity index (χ1n) is 6.94. The number of hydrogen-bond donors (Lipinski definition) is 1. The van der Waals surface area contributed by atoms with Gasteiger partial charge < -0.3 is 10.5 Å². The molecule has 21 heavy (non-hydrogen) atoms. The molecule has 0 radical (unpaired) electrons. The summed E-state index contributed by atoms with van der Waals surface area (Å²) in [5.74, 6) is 0. The Kier molecular flexibility index (Phi) is 3.89. The Hall–Kier alpha value is -1.19. The van der Waals surface area contributed by atoms with Gasteiger partial charge in [-0.1, -0.05) is 5.21 Å². The molecule has 0 spiro atoms. The molecule has 1 aliphatic carbocycles. The molecule has 0 unspecified atom stereocenters. The molecule has 1 aromatic rings. The Morgan fingerprint density at radius 2 is 2.10 bits per heavy atom. The van der Waals surface area contributed by atoms with Crippen LogP contribution in [0.15, 0.2) is 6.20 Å². The van der Waals surface area contributed by atoms with Gasteiger partial charge in [0.2, 0.25) is 0 Å². The van der Waals surface area contributed by atoms with Gasteiger partial charge in [0, 0.05) is 6.04 Å². The van der Waals surface area contributed by atoms with Gasteiger partial charge in [0.1, 0.15) is 11.8 Å². The predicted octanol–water partition coefficient (Wildman–Crippen LogP) is 1.70. The molecule has 0 aromatic carbocycles. The molecule has 1 saturated carbocycles. The molecule has 2 atom stereocenters. The second-order valence-electron chi connectivity index (χ2n) is 5.59. The van der Waals surface area contributed by atoms with Crippen LogP contribution in [0.4, 0.5) is 13.2 Å². The summed E-state index contributed by atoms with van der Waals surface area (Å²) < 4.78 is 47.3. The Balaban J connectivity index is 1.52. The van der Waals surface area contributed by atoms with Crippen molar-refractivity contribution in [3.63, 3.8) is 0 Å². The minimum Gasteiger partial charge on any atom is -0.370 e. The zero-order valence-electron chi connectivity index (χ0n) is 11.3. The van der Waals surface area contributed by atoms with Crippen LogP contribution in [0.2, 0.25) is 0 Å².